The summed E-state index contributed by atoms with van der Waals surface area (Å²) < 4.78 is 5.63. The molecule has 2 aliphatic rings. The molecular weight excluding hydrogens is 218 g/mol. The molecular formula is C12H19N3O2. The molecule has 1 saturated carbocycles. The lowest BCUT2D eigenvalue weighted by Gasteiger charge is -2.20. The normalized spacial score (nSPS) is 34.4. The first-order valence-electron chi connectivity index (χ1n) is 6.31. The van der Waals surface area contributed by atoms with Crippen LogP contribution in [0.1, 0.15) is 44.4 Å². The van der Waals surface area contributed by atoms with E-state index in [1.165, 1.54) is 12.8 Å². The minimum absolute atomic E-state index is 0.285. The summed E-state index contributed by atoms with van der Waals surface area (Å²) in [6, 6.07) is 0. The van der Waals surface area contributed by atoms with E-state index in [-0.39, 0.29) is 5.92 Å². The highest BCUT2D eigenvalue weighted by Crippen LogP contribution is 2.39. The van der Waals surface area contributed by atoms with Crippen LogP contribution in [0.2, 0.25) is 0 Å². The Hall–Kier alpha value is -0.940. The average molecular weight is 237 g/mol. The number of hydrogen-bond donors (Lipinski definition) is 1. The lowest BCUT2D eigenvalue weighted by atomic mass is 9.95. The van der Waals surface area contributed by atoms with Crippen LogP contribution >= 0.6 is 0 Å². The second kappa shape index (κ2) is 3.78. The van der Waals surface area contributed by atoms with Crippen LogP contribution in [0.25, 0.3) is 0 Å². The van der Waals surface area contributed by atoms with Crippen molar-refractivity contribution in [2.45, 2.75) is 44.8 Å². The van der Waals surface area contributed by atoms with E-state index in [4.69, 9.17) is 4.42 Å². The van der Waals surface area contributed by atoms with Crippen LogP contribution in [-0.2, 0) is 6.54 Å². The highest BCUT2D eigenvalue weighted by Gasteiger charge is 2.39. The van der Waals surface area contributed by atoms with E-state index < -0.39 is 5.60 Å². The Morgan fingerprint density at radius 2 is 2.24 bits per heavy atom. The number of likely N-dealkylation sites (tertiary alicyclic amines) is 1. The van der Waals surface area contributed by atoms with Gasteiger partial charge in [0.2, 0.25) is 11.8 Å². The quantitative estimate of drug-likeness (QED) is 0.854. The van der Waals surface area contributed by atoms with Crippen LogP contribution in [0.3, 0.4) is 0 Å². The molecule has 5 nitrogen and oxygen atoms in total. The molecule has 0 bridgehead atoms. The average Bonchev–Trinajstić information content (AvgIpc) is 2.93. The summed E-state index contributed by atoms with van der Waals surface area (Å²) in [4.78, 5) is 2.18. The van der Waals surface area contributed by atoms with E-state index >= 15 is 0 Å². The molecule has 0 radical (unpaired) electrons. The van der Waals surface area contributed by atoms with Crippen LogP contribution in [-0.4, -0.2) is 38.9 Å². The molecule has 2 heterocycles. The molecule has 0 amide bonds. The summed E-state index contributed by atoms with van der Waals surface area (Å²) in [6.07, 6.45) is 2.36. The molecule has 1 aliphatic heterocycles. The van der Waals surface area contributed by atoms with E-state index in [9.17, 15) is 5.11 Å². The highest BCUT2D eigenvalue weighted by molar-refractivity contribution is 5.00. The van der Waals surface area contributed by atoms with Crippen molar-refractivity contribution in [3.63, 3.8) is 0 Å². The zero-order valence-corrected chi connectivity index (χ0v) is 10.4. The molecule has 0 spiro atoms. The van der Waals surface area contributed by atoms with Crippen molar-refractivity contribution in [1.82, 2.24) is 15.1 Å². The summed E-state index contributed by atoms with van der Waals surface area (Å²) in [5.74, 6) is 2.26. The van der Waals surface area contributed by atoms with Gasteiger partial charge in [-0.05, 0) is 25.7 Å². The zero-order chi connectivity index (χ0) is 12.0. The Bertz CT molecular complexity index is 412. The lowest BCUT2D eigenvalue weighted by Crippen LogP contribution is -2.33. The third kappa shape index (κ3) is 2.21. The van der Waals surface area contributed by atoms with Gasteiger partial charge in [-0.2, -0.15) is 0 Å². The molecule has 0 aromatic carbocycles. The van der Waals surface area contributed by atoms with Gasteiger partial charge in [0, 0.05) is 19.0 Å². The van der Waals surface area contributed by atoms with Gasteiger partial charge in [-0.1, -0.05) is 6.92 Å². The minimum atomic E-state index is -0.598. The molecule has 5 heteroatoms. The van der Waals surface area contributed by atoms with Crippen molar-refractivity contribution >= 4 is 0 Å². The summed E-state index contributed by atoms with van der Waals surface area (Å²) in [6.45, 7) is 6.17. The second-order valence-corrected chi connectivity index (χ2v) is 5.74. The Morgan fingerprint density at radius 1 is 1.47 bits per heavy atom. The molecule has 17 heavy (non-hydrogen) atoms. The predicted molar refractivity (Wildman–Crippen MR) is 61.3 cm³/mol. The smallest absolute Gasteiger partial charge is 0.230 e. The van der Waals surface area contributed by atoms with Gasteiger partial charge in [-0.15, -0.1) is 10.2 Å². The third-order valence-electron chi connectivity index (χ3n) is 3.91. The van der Waals surface area contributed by atoms with Crippen molar-refractivity contribution < 1.29 is 9.52 Å². The maximum absolute atomic E-state index is 10.1. The molecule has 2 fully saturated rings. The molecule has 1 aliphatic carbocycles. The summed E-state index contributed by atoms with van der Waals surface area (Å²) in [5, 5.41) is 18.3. The van der Waals surface area contributed by atoms with Crippen LogP contribution in [0.15, 0.2) is 4.42 Å². The van der Waals surface area contributed by atoms with Gasteiger partial charge in [0.05, 0.1) is 12.1 Å². The molecule has 2 atom stereocenters. The molecule has 94 valence electrons. The van der Waals surface area contributed by atoms with Crippen molar-refractivity contribution in [3.05, 3.63) is 11.8 Å². The van der Waals surface area contributed by atoms with Crippen molar-refractivity contribution in [2.75, 3.05) is 13.1 Å². The fraction of sp³-hybridized carbons (Fsp3) is 0.833. The van der Waals surface area contributed by atoms with E-state index in [1.54, 1.807) is 0 Å². The third-order valence-corrected chi connectivity index (χ3v) is 3.91. The van der Waals surface area contributed by atoms with E-state index in [0.29, 0.717) is 24.9 Å². The molecule has 1 aromatic heterocycles. The first kappa shape index (κ1) is 11.2. The van der Waals surface area contributed by atoms with Crippen LogP contribution in [0.4, 0.5) is 0 Å². The van der Waals surface area contributed by atoms with E-state index in [0.717, 1.165) is 12.4 Å². The number of hydrogen-bond acceptors (Lipinski definition) is 5. The van der Waals surface area contributed by atoms with E-state index in [2.05, 4.69) is 22.0 Å². The molecule has 1 saturated heterocycles. The minimum Gasteiger partial charge on any atom is -0.424 e. The number of β-amino-alcohol motifs (C(OH)–C–C–N with tert-alkyl or cyclic N) is 1. The maximum atomic E-state index is 10.1. The Labute approximate surface area is 101 Å². The number of aliphatic hydroxyl groups is 1. The van der Waals surface area contributed by atoms with Crippen molar-refractivity contribution in [1.29, 1.82) is 0 Å². The Balaban J connectivity index is 1.63. The SMILES string of the molecule is CC1CN(Cc2nnc(C3CC3)o2)CC1(C)O. The second-order valence-electron chi connectivity index (χ2n) is 5.74. The molecule has 1 aromatic rings. The topological polar surface area (TPSA) is 62.4 Å². The molecule has 3 rings (SSSR count). The summed E-state index contributed by atoms with van der Waals surface area (Å²) in [7, 11) is 0. The number of aromatic nitrogens is 2. The fourth-order valence-corrected chi connectivity index (χ4v) is 2.39. The maximum Gasteiger partial charge on any atom is 0.230 e. The van der Waals surface area contributed by atoms with Gasteiger partial charge in [0.25, 0.3) is 0 Å². The first-order valence-corrected chi connectivity index (χ1v) is 6.31. The van der Waals surface area contributed by atoms with Crippen LogP contribution < -0.4 is 0 Å². The van der Waals surface area contributed by atoms with Gasteiger partial charge < -0.3 is 9.52 Å². The summed E-state index contributed by atoms with van der Waals surface area (Å²) >= 11 is 0. The lowest BCUT2D eigenvalue weighted by molar-refractivity contribution is 0.0359. The molecule has 1 N–H and O–H groups in total. The monoisotopic (exact) mass is 237 g/mol. The largest absolute Gasteiger partial charge is 0.424 e. The van der Waals surface area contributed by atoms with Crippen LogP contribution in [0, 0.1) is 5.92 Å². The highest BCUT2D eigenvalue weighted by atomic mass is 16.4. The molecule has 2 unspecified atom stereocenters. The van der Waals surface area contributed by atoms with Gasteiger partial charge in [-0.25, -0.2) is 0 Å². The van der Waals surface area contributed by atoms with Gasteiger partial charge in [0.1, 0.15) is 0 Å². The van der Waals surface area contributed by atoms with Gasteiger partial charge >= 0.3 is 0 Å². The van der Waals surface area contributed by atoms with Gasteiger partial charge in [-0.3, -0.25) is 4.90 Å². The first-order chi connectivity index (χ1) is 8.04. The Kier molecular flexibility index (Phi) is 2.48. The zero-order valence-electron chi connectivity index (χ0n) is 10.4. The van der Waals surface area contributed by atoms with Crippen molar-refractivity contribution in [2.24, 2.45) is 5.92 Å². The number of rotatable bonds is 3. The van der Waals surface area contributed by atoms with Gasteiger partial charge in [0.15, 0.2) is 0 Å². The standard InChI is InChI=1S/C12H19N3O2/c1-8-5-15(7-12(8,2)16)6-10-13-14-11(17-10)9-3-4-9/h8-9,16H,3-7H2,1-2H3. The summed E-state index contributed by atoms with van der Waals surface area (Å²) in [5.41, 5.74) is -0.598. The van der Waals surface area contributed by atoms with Crippen LogP contribution in [0.5, 0.6) is 0 Å². The Morgan fingerprint density at radius 3 is 2.82 bits per heavy atom. The predicted octanol–water partition coefficient (Wildman–Crippen LogP) is 1.15. The number of nitrogens with zero attached hydrogens (tertiary/aromatic N) is 3. The van der Waals surface area contributed by atoms with E-state index in [1.807, 2.05) is 6.92 Å². The van der Waals surface area contributed by atoms with Crippen molar-refractivity contribution in [3.8, 4) is 0 Å². The fourth-order valence-electron chi connectivity index (χ4n) is 2.39.